The Morgan fingerprint density at radius 3 is 2.21 bits per heavy atom. The van der Waals surface area contributed by atoms with Gasteiger partial charge in [0.1, 0.15) is 0 Å². The summed E-state index contributed by atoms with van der Waals surface area (Å²) < 4.78 is 0. The van der Waals surface area contributed by atoms with Crippen molar-refractivity contribution in [1.82, 2.24) is 5.01 Å². The lowest BCUT2D eigenvalue weighted by molar-refractivity contribution is 0.321. The van der Waals surface area contributed by atoms with E-state index in [4.69, 9.17) is 0 Å². The summed E-state index contributed by atoms with van der Waals surface area (Å²) in [7, 11) is 0. The fraction of sp³-hybridized carbons (Fsp3) is 0.417. The van der Waals surface area contributed by atoms with Gasteiger partial charge in [0.2, 0.25) is 0 Å². The Kier molecular flexibility index (Phi) is 4.17. The molecule has 2 heteroatoms. The van der Waals surface area contributed by atoms with Gasteiger partial charge in [0.25, 0.3) is 0 Å². The van der Waals surface area contributed by atoms with Crippen molar-refractivity contribution >= 4 is 5.71 Å². The van der Waals surface area contributed by atoms with Crippen molar-refractivity contribution in [3.05, 3.63) is 35.9 Å². The summed E-state index contributed by atoms with van der Waals surface area (Å²) >= 11 is 0. The van der Waals surface area contributed by atoms with Crippen molar-refractivity contribution in [2.45, 2.75) is 20.8 Å². The second-order valence-electron chi connectivity index (χ2n) is 3.19. The number of rotatable bonds is 4. The van der Waals surface area contributed by atoms with Gasteiger partial charge in [-0.2, -0.15) is 5.10 Å². The lowest BCUT2D eigenvalue weighted by Crippen LogP contribution is -2.18. The van der Waals surface area contributed by atoms with E-state index in [0.29, 0.717) is 0 Å². The van der Waals surface area contributed by atoms with E-state index in [-0.39, 0.29) is 0 Å². The molecule has 76 valence electrons. The molecule has 0 saturated carbocycles. The molecule has 14 heavy (non-hydrogen) atoms. The summed E-state index contributed by atoms with van der Waals surface area (Å²) in [6.07, 6.45) is 0. The van der Waals surface area contributed by atoms with E-state index in [1.807, 2.05) is 25.1 Å². The van der Waals surface area contributed by atoms with Gasteiger partial charge in [-0.25, -0.2) is 0 Å². The molecule has 0 atom stereocenters. The average molecular weight is 190 g/mol. The van der Waals surface area contributed by atoms with Crippen LogP contribution in [0.5, 0.6) is 0 Å². The van der Waals surface area contributed by atoms with Crippen LogP contribution in [0.25, 0.3) is 0 Å². The summed E-state index contributed by atoms with van der Waals surface area (Å²) in [5.74, 6) is 0. The molecule has 0 radical (unpaired) electrons. The molecule has 0 bridgehead atoms. The first-order valence-corrected chi connectivity index (χ1v) is 5.13. The Hall–Kier alpha value is -1.31. The minimum absolute atomic E-state index is 0.959. The Morgan fingerprint density at radius 2 is 1.71 bits per heavy atom. The Morgan fingerprint density at radius 1 is 1.14 bits per heavy atom. The minimum atomic E-state index is 0.959. The van der Waals surface area contributed by atoms with Crippen LogP contribution < -0.4 is 0 Å². The molecule has 1 aromatic carbocycles. The zero-order valence-electron chi connectivity index (χ0n) is 9.20. The maximum Gasteiger partial charge on any atom is 0.0646 e. The van der Waals surface area contributed by atoms with E-state index in [0.717, 1.165) is 18.8 Å². The third-order valence-electron chi connectivity index (χ3n) is 2.21. The first-order chi connectivity index (χ1) is 6.77. The van der Waals surface area contributed by atoms with Gasteiger partial charge in [-0.05, 0) is 26.3 Å². The van der Waals surface area contributed by atoms with Crippen LogP contribution in [0.4, 0.5) is 0 Å². The van der Waals surface area contributed by atoms with Crippen molar-refractivity contribution < 1.29 is 0 Å². The highest BCUT2D eigenvalue weighted by atomic mass is 15.4. The molecular formula is C12H18N2. The fourth-order valence-electron chi connectivity index (χ4n) is 1.31. The van der Waals surface area contributed by atoms with Crippen LogP contribution in [0.2, 0.25) is 0 Å². The molecule has 0 aliphatic carbocycles. The molecule has 0 fully saturated rings. The quantitative estimate of drug-likeness (QED) is 0.526. The number of hydrogen-bond acceptors (Lipinski definition) is 2. The average Bonchev–Trinajstić information content (AvgIpc) is 2.26. The van der Waals surface area contributed by atoms with Gasteiger partial charge in [-0.1, -0.05) is 30.3 Å². The molecule has 0 saturated heterocycles. The number of hydrogen-bond donors (Lipinski definition) is 0. The molecule has 0 heterocycles. The highest BCUT2D eigenvalue weighted by Crippen LogP contribution is 2.02. The molecule has 0 aliphatic heterocycles. The molecule has 0 N–H and O–H groups in total. The fourth-order valence-corrected chi connectivity index (χ4v) is 1.31. The lowest BCUT2D eigenvalue weighted by atomic mass is 10.1. The largest absolute Gasteiger partial charge is 0.297 e. The molecule has 2 nitrogen and oxygen atoms in total. The van der Waals surface area contributed by atoms with E-state index in [1.165, 1.54) is 5.56 Å². The minimum Gasteiger partial charge on any atom is -0.297 e. The van der Waals surface area contributed by atoms with Gasteiger partial charge in [-0.15, -0.1) is 0 Å². The summed E-state index contributed by atoms with van der Waals surface area (Å²) in [5, 5.41) is 6.59. The van der Waals surface area contributed by atoms with E-state index < -0.39 is 0 Å². The third-order valence-corrected chi connectivity index (χ3v) is 2.21. The molecule has 1 aromatic rings. The van der Waals surface area contributed by atoms with Crippen molar-refractivity contribution in [3.8, 4) is 0 Å². The summed E-state index contributed by atoms with van der Waals surface area (Å²) in [6, 6.07) is 10.3. The molecule has 1 rings (SSSR count). The monoisotopic (exact) mass is 190 g/mol. The van der Waals surface area contributed by atoms with Gasteiger partial charge in [0, 0.05) is 13.1 Å². The summed E-state index contributed by atoms with van der Waals surface area (Å²) in [5.41, 5.74) is 2.27. The highest BCUT2D eigenvalue weighted by molar-refractivity contribution is 5.98. The zero-order chi connectivity index (χ0) is 10.4. The Labute approximate surface area is 86.2 Å². The number of benzene rings is 1. The number of nitrogens with zero attached hydrogens (tertiary/aromatic N) is 2. The SMILES string of the molecule is CCN(CC)/N=C(\C)c1ccccc1. The third kappa shape index (κ3) is 2.87. The van der Waals surface area contributed by atoms with Crippen LogP contribution in [0.1, 0.15) is 26.3 Å². The predicted octanol–water partition coefficient (Wildman–Crippen LogP) is 2.75. The van der Waals surface area contributed by atoms with Crippen LogP contribution in [-0.4, -0.2) is 23.8 Å². The topological polar surface area (TPSA) is 15.6 Å². The second kappa shape index (κ2) is 5.43. The van der Waals surface area contributed by atoms with E-state index in [9.17, 15) is 0 Å². The first kappa shape index (κ1) is 10.8. The smallest absolute Gasteiger partial charge is 0.0646 e. The van der Waals surface area contributed by atoms with Crippen molar-refractivity contribution in [2.24, 2.45) is 5.10 Å². The molecule has 0 aliphatic rings. The van der Waals surface area contributed by atoms with Crippen LogP contribution >= 0.6 is 0 Å². The van der Waals surface area contributed by atoms with Crippen LogP contribution in [0, 0.1) is 0 Å². The molecular weight excluding hydrogens is 172 g/mol. The van der Waals surface area contributed by atoms with Crippen molar-refractivity contribution in [1.29, 1.82) is 0 Å². The van der Waals surface area contributed by atoms with Gasteiger partial charge < -0.3 is 0 Å². The van der Waals surface area contributed by atoms with Crippen molar-refractivity contribution in [3.63, 3.8) is 0 Å². The standard InChI is InChI=1S/C12H18N2/c1-4-14(5-2)13-11(3)12-9-7-6-8-10-12/h6-10H,4-5H2,1-3H3/b13-11+. The van der Waals surface area contributed by atoms with Gasteiger partial charge in [-0.3, -0.25) is 5.01 Å². The maximum absolute atomic E-state index is 4.53. The Bertz CT molecular complexity index is 286. The lowest BCUT2D eigenvalue weighted by Gasteiger charge is -2.15. The van der Waals surface area contributed by atoms with Crippen LogP contribution in [-0.2, 0) is 0 Å². The summed E-state index contributed by atoms with van der Waals surface area (Å²) in [6.45, 7) is 8.20. The first-order valence-electron chi connectivity index (χ1n) is 5.13. The Balaban J connectivity index is 2.78. The van der Waals surface area contributed by atoms with Gasteiger partial charge in [0.15, 0.2) is 0 Å². The van der Waals surface area contributed by atoms with E-state index in [2.05, 4.69) is 36.1 Å². The molecule has 0 unspecified atom stereocenters. The second-order valence-corrected chi connectivity index (χ2v) is 3.19. The predicted molar refractivity (Wildman–Crippen MR) is 61.6 cm³/mol. The zero-order valence-corrected chi connectivity index (χ0v) is 9.20. The highest BCUT2D eigenvalue weighted by Gasteiger charge is 1.98. The maximum atomic E-state index is 4.53. The van der Waals surface area contributed by atoms with E-state index in [1.54, 1.807) is 0 Å². The van der Waals surface area contributed by atoms with Gasteiger partial charge >= 0.3 is 0 Å². The molecule has 0 aromatic heterocycles. The summed E-state index contributed by atoms with van der Waals surface area (Å²) in [4.78, 5) is 0. The molecule has 0 amide bonds. The van der Waals surface area contributed by atoms with Crippen LogP contribution in [0.15, 0.2) is 35.4 Å². The van der Waals surface area contributed by atoms with Gasteiger partial charge in [0.05, 0.1) is 5.71 Å². The molecule has 0 spiro atoms. The number of hydrazone groups is 1. The van der Waals surface area contributed by atoms with Crippen molar-refractivity contribution in [2.75, 3.05) is 13.1 Å². The van der Waals surface area contributed by atoms with E-state index >= 15 is 0 Å². The normalized spacial score (nSPS) is 11.5. The van der Waals surface area contributed by atoms with Crippen LogP contribution in [0.3, 0.4) is 0 Å².